The van der Waals surface area contributed by atoms with Crippen molar-refractivity contribution in [3.05, 3.63) is 70.2 Å². The molecule has 0 unspecified atom stereocenters. The van der Waals surface area contributed by atoms with E-state index in [0.717, 1.165) is 16.9 Å². The van der Waals surface area contributed by atoms with Crippen LogP contribution in [0.1, 0.15) is 12.5 Å². The predicted molar refractivity (Wildman–Crippen MR) is 95.9 cm³/mol. The molecule has 0 aliphatic heterocycles. The van der Waals surface area contributed by atoms with E-state index in [0.29, 0.717) is 23.2 Å². The van der Waals surface area contributed by atoms with Crippen molar-refractivity contribution in [2.45, 2.75) is 13.3 Å². The van der Waals surface area contributed by atoms with E-state index in [9.17, 15) is 9.59 Å². The van der Waals surface area contributed by atoms with Crippen LogP contribution in [0.15, 0.2) is 63.3 Å². The lowest BCUT2D eigenvalue weighted by atomic mass is 10.0. The van der Waals surface area contributed by atoms with E-state index in [1.54, 1.807) is 31.4 Å². The third-order valence-electron chi connectivity index (χ3n) is 3.73. The molecule has 2 aromatic carbocycles. The summed E-state index contributed by atoms with van der Waals surface area (Å²) in [7, 11) is 1.63. The van der Waals surface area contributed by atoms with E-state index in [1.165, 1.54) is 0 Å². The van der Waals surface area contributed by atoms with Crippen molar-refractivity contribution in [3.63, 3.8) is 0 Å². The number of aromatic nitrogens is 1. The summed E-state index contributed by atoms with van der Waals surface area (Å²) in [6.07, 6.45) is 2.17. The smallest absolute Gasteiger partial charge is 0.417 e. The maximum absolute atomic E-state index is 12.2. The first kappa shape index (κ1) is 16.6. The topological polar surface area (TPSA) is 84.3 Å². The Morgan fingerprint density at radius 3 is 2.88 bits per heavy atom. The van der Waals surface area contributed by atoms with Crippen LogP contribution in [0.3, 0.4) is 0 Å². The molecule has 0 atom stereocenters. The number of hydrogen-bond donors (Lipinski definition) is 2. The number of H-pyrrole nitrogens is 1. The number of para-hydroxylation sites is 1. The molecule has 0 saturated heterocycles. The molecule has 25 heavy (non-hydrogen) atoms. The van der Waals surface area contributed by atoms with Crippen LogP contribution in [0.5, 0.6) is 5.75 Å². The van der Waals surface area contributed by atoms with Crippen molar-refractivity contribution >= 4 is 22.7 Å². The number of oxazole rings is 1. The first-order chi connectivity index (χ1) is 12.0. The lowest BCUT2D eigenvalue weighted by Gasteiger charge is -2.08. The van der Waals surface area contributed by atoms with E-state index in [-0.39, 0.29) is 5.91 Å². The van der Waals surface area contributed by atoms with Crippen LogP contribution in [0, 0.1) is 0 Å². The molecule has 3 aromatic rings. The van der Waals surface area contributed by atoms with Crippen molar-refractivity contribution in [2.24, 2.45) is 0 Å². The lowest BCUT2D eigenvalue weighted by molar-refractivity contribution is -0.111. The number of allylic oxidation sites excluding steroid dienone is 1. The Morgan fingerprint density at radius 1 is 1.28 bits per heavy atom. The normalized spacial score (nSPS) is 11.5. The number of fused-ring (bicyclic) bond motifs is 1. The van der Waals surface area contributed by atoms with Crippen LogP contribution >= 0.6 is 0 Å². The summed E-state index contributed by atoms with van der Waals surface area (Å²) in [6, 6.07) is 12.7. The number of aromatic amines is 1. The molecule has 0 fully saturated rings. The van der Waals surface area contributed by atoms with Gasteiger partial charge in [0.2, 0.25) is 5.91 Å². The van der Waals surface area contributed by atoms with Gasteiger partial charge in [-0.05, 0) is 43.2 Å². The first-order valence-corrected chi connectivity index (χ1v) is 7.78. The molecule has 0 aliphatic rings. The van der Waals surface area contributed by atoms with Gasteiger partial charge < -0.3 is 14.5 Å². The van der Waals surface area contributed by atoms with Crippen molar-refractivity contribution in [1.82, 2.24) is 4.98 Å². The summed E-state index contributed by atoms with van der Waals surface area (Å²) in [5.41, 5.74) is 3.49. The zero-order valence-corrected chi connectivity index (χ0v) is 14.0. The molecular formula is C19H18N2O4. The van der Waals surface area contributed by atoms with Crippen LogP contribution in [0.25, 0.3) is 11.1 Å². The van der Waals surface area contributed by atoms with Gasteiger partial charge in [-0.25, -0.2) is 4.79 Å². The van der Waals surface area contributed by atoms with Crippen molar-refractivity contribution < 1.29 is 13.9 Å². The van der Waals surface area contributed by atoms with E-state index in [4.69, 9.17) is 9.15 Å². The molecule has 1 heterocycles. The van der Waals surface area contributed by atoms with Crippen LogP contribution in [0.4, 0.5) is 5.69 Å². The number of hydrogen-bond acceptors (Lipinski definition) is 4. The quantitative estimate of drug-likeness (QED) is 0.699. The number of anilines is 1. The summed E-state index contributed by atoms with van der Waals surface area (Å²) in [5.74, 6) is 0.0358. The Bertz CT molecular complexity index is 998. The highest BCUT2D eigenvalue weighted by Gasteiger charge is 2.06. The van der Waals surface area contributed by atoms with E-state index in [1.807, 2.05) is 31.2 Å². The molecule has 6 heteroatoms. The standard InChI is InChI=1S/C19H18N2O4/c1-12(9-13-5-3-4-6-16(13)24-2)10-18(22)20-14-7-8-17-15(11-14)21-19(23)25-17/h3-8,10-11H,9H2,1-2H3,(H,20,22)(H,21,23)/b12-10+. The van der Waals surface area contributed by atoms with Gasteiger partial charge in [0.05, 0.1) is 12.6 Å². The number of benzene rings is 2. The first-order valence-electron chi connectivity index (χ1n) is 7.78. The van der Waals surface area contributed by atoms with Gasteiger partial charge in [0.15, 0.2) is 5.58 Å². The van der Waals surface area contributed by atoms with Crippen molar-refractivity contribution in [1.29, 1.82) is 0 Å². The maximum Gasteiger partial charge on any atom is 0.417 e. The fourth-order valence-corrected chi connectivity index (χ4v) is 2.63. The Morgan fingerprint density at radius 2 is 2.08 bits per heavy atom. The minimum absolute atomic E-state index is 0.238. The summed E-state index contributed by atoms with van der Waals surface area (Å²) < 4.78 is 10.3. The minimum Gasteiger partial charge on any atom is -0.496 e. The number of methoxy groups -OCH3 is 1. The number of carbonyl (C=O) groups is 1. The van der Waals surface area contributed by atoms with Gasteiger partial charge in [0.25, 0.3) is 0 Å². The predicted octanol–water partition coefficient (Wildman–Crippen LogP) is 3.26. The zero-order chi connectivity index (χ0) is 17.8. The third-order valence-corrected chi connectivity index (χ3v) is 3.73. The zero-order valence-electron chi connectivity index (χ0n) is 14.0. The van der Waals surface area contributed by atoms with Gasteiger partial charge in [0.1, 0.15) is 5.75 Å². The average Bonchev–Trinajstić information content (AvgIpc) is 2.94. The second kappa shape index (κ2) is 7.09. The Balaban J connectivity index is 1.71. The lowest BCUT2D eigenvalue weighted by Crippen LogP contribution is -2.09. The van der Waals surface area contributed by atoms with Gasteiger partial charge >= 0.3 is 5.76 Å². The second-order valence-electron chi connectivity index (χ2n) is 5.69. The largest absolute Gasteiger partial charge is 0.496 e. The molecular weight excluding hydrogens is 320 g/mol. The molecule has 2 N–H and O–H groups in total. The Labute approximate surface area is 144 Å². The molecule has 0 bridgehead atoms. The molecule has 0 radical (unpaired) electrons. The van der Waals surface area contributed by atoms with Gasteiger partial charge in [-0.2, -0.15) is 0 Å². The summed E-state index contributed by atoms with van der Waals surface area (Å²) in [4.78, 5) is 25.9. The van der Waals surface area contributed by atoms with Crippen LogP contribution in [0.2, 0.25) is 0 Å². The Hall–Kier alpha value is -3.28. The van der Waals surface area contributed by atoms with Gasteiger partial charge in [-0.15, -0.1) is 0 Å². The molecule has 0 saturated carbocycles. The number of carbonyl (C=O) groups excluding carboxylic acids is 1. The average molecular weight is 338 g/mol. The molecule has 1 aromatic heterocycles. The number of amides is 1. The molecule has 1 amide bonds. The summed E-state index contributed by atoms with van der Waals surface area (Å²) in [6.45, 7) is 1.89. The highest BCUT2D eigenvalue weighted by atomic mass is 16.5. The molecule has 128 valence electrons. The fourth-order valence-electron chi connectivity index (χ4n) is 2.63. The fraction of sp³-hybridized carbons (Fsp3) is 0.158. The van der Waals surface area contributed by atoms with E-state index >= 15 is 0 Å². The molecule has 0 spiro atoms. The third kappa shape index (κ3) is 3.98. The minimum atomic E-state index is -0.522. The van der Waals surface area contributed by atoms with Crippen molar-refractivity contribution in [3.8, 4) is 5.75 Å². The number of rotatable bonds is 5. The SMILES string of the molecule is COc1ccccc1C/C(C)=C/C(=O)Nc1ccc2oc(=O)[nH]c2c1. The van der Waals surface area contributed by atoms with Gasteiger partial charge in [0, 0.05) is 11.8 Å². The molecule has 3 rings (SSSR count). The number of nitrogens with one attached hydrogen (secondary N) is 2. The van der Waals surface area contributed by atoms with E-state index in [2.05, 4.69) is 10.3 Å². The van der Waals surface area contributed by atoms with E-state index < -0.39 is 5.76 Å². The van der Waals surface area contributed by atoms with Crippen LogP contribution in [-0.2, 0) is 11.2 Å². The summed E-state index contributed by atoms with van der Waals surface area (Å²) in [5, 5.41) is 2.78. The van der Waals surface area contributed by atoms with Gasteiger partial charge in [-0.3, -0.25) is 9.78 Å². The summed E-state index contributed by atoms with van der Waals surface area (Å²) >= 11 is 0. The highest BCUT2D eigenvalue weighted by molar-refractivity contribution is 6.00. The molecule has 6 nitrogen and oxygen atoms in total. The second-order valence-corrected chi connectivity index (χ2v) is 5.69. The van der Waals surface area contributed by atoms with Crippen LogP contribution in [-0.4, -0.2) is 18.0 Å². The maximum atomic E-state index is 12.2. The molecule has 0 aliphatic carbocycles. The highest BCUT2D eigenvalue weighted by Crippen LogP contribution is 2.21. The van der Waals surface area contributed by atoms with Gasteiger partial charge in [-0.1, -0.05) is 23.8 Å². The monoisotopic (exact) mass is 338 g/mol. The van der Waals surface area contributed by atoms with Crippen LogP contribution < -0.4 is 15.8 Å². The Kier molecular flexibility index (Phi) is 4.70. The van der Waals surface area contributed by atoms with Crippen molar-refractivity contribution in [2.75, 3.05) is 12.4 Å². The number of ether oxygens (including phenoxy) is 1.